The first-order valence-corrected chi connectivity index (χ1v) is 12.1. The van der Waals surface area contributed by atoms with Crippen LogP contribution in [-0.2, 0) is 19.2 Å². The summed E-state index contributed by atoms with van der Waals surface area (Å²) in [6.45, 7) is 4.09. The third-order valence-corrected chi connectivity index (χ3v) is 8.04. The van der Waals surface area contributed by atoms with Gasteiger partial charge in [0.15, 0.2) is 11.6 Å². The van der Waals surface area contributed by atoms with Crippen molar-refractivity contribution < 1.29 is 24.3 Å². The fourth-order valence-corrected chi connectivity index (χ4v) is 6.43. The number of nitrogens with zero attached hydrogens (tertiary/aromatic N) is 1. The van der Waals surface area contributed by atoms with Gasteiger partial charge in [-0.2, -0.15) is 0 Å². The third kappa shape index (κ3) is 3.12. The number of carbonyl (C=O) groups excluding carboxylic acids is 4. The van der Waals surface area contributed by atoms with Crippen LogP contribution in [0.15, 0.2) is 51.6 Å². The lowest BCUT2D eigenvalue weighted by Gasteiger charge is -2.42. The number of hydrogen-bond acceptors (Lipinski definition) is 5. The zero-order valence-corrected chi connectivity index (χ0v) is 20.0. The number of phenolic OH excluding ortho intramolecular Hbond substituents is 1. The first kappa shape index (κ1) is 22.0. The average molecular weight is 510 g/mol. The fraction of sp³-hybridized carbons (Fsp3) is 0.385. The topological polar surface area (TPSA) is 91.8 Å². The maximum absolute atomic E-state index is 13.4. The van der Waals surface area contributed by atoms with E-state index in [0.29, 0.717) is 41.7 Å². The van der Waals surface area contributed by atoms with Gasteiger partial charge in [-0.3, -0.25) is 24.1 Å². The largest absolute Gasteiger partial charge is 0.507 e. The number of carbonyl (C=O) groups is 4. The van der Waals surface area contributed by atoms with E-state index in [-0.39, 0.29) is 46.0 Å². The molecule has 0 spiro atoms. The van der Waals surface area contributed by atoms with Gasteiger partial charge in [0.1, 0.15) is 5.75 Å². The highest BCUT2D eigenvalue weighted by Gasteiger charge is 2.56. The summed E-state index contributed by atoms with van der Waals surface area (Å²) in [5.41, 5.74) is 2.80. The number of aromatic hydroxyl groups is 1. The highest BCUT2D eigenvalue weighted by Crippen LogP contribution is 2.56. The van der Waals surface area contributed by atoms with Gasteiger partial charge in [-0.25, -0.2) is 0 Å². The second-order valence-electron chi connectivity index (χ2n) is 9.23. The molecule has 6 nitrogen and oxygen atoms in total. The molecule has 170 valence electrons. The van der Waals surface area contributed by atoms with Crippen molar-refractivity contribution in [2.75, 3.05) is 6.54 Å². The van der Waals surface area contributed by atoms with Gasteiger partial charge in [-0.05, 0) is 53.6 Å². The molecule has 0 aromatic heterocycles. The van der Waals surface area contributed by atoms with Crippen LogP contribution in [0, 0.1) is 24.7 Å². The van der Waals surface area contributed by atoms with Crippen LogP contribution in [-0.4, -0.2) is 39.9 Å². The van der Waals surface area contributed by atoms with Crippen LogP contribution in [0.25, 0.3) is 0 Å². The van der Waals surface area contributed by atoms with Gasteiger partial charge in [-0.15, -0.1) is 0 Å². The lowest BCUT2D eigenvalue weighted by molar-refractivity contribution is -0.140. The van der Waals surface area contributed by atoms with Crippen LogP contribution < -0.4 is 0 Å². The molecule has 1 saturated heterocycles. The Bertz CT molecular complexity index is 1220. The Morgan fingerprint density at radius 2 is 1.88 bits per heavy atom. The average Bonchev–Trinajstić information content (AvgIpc) is 3.03. The molecule has 0 unspecified atom stereocenters. The lowest BCUT2D eigenvalue weighted by Crippen LogP contribution is -2.39. The summed E-state index contributed by atoms with van der Waals surface area (Å²) in [5, 5.41) is 10.9. The van der Waals surface area contributed by atoms with Crippen LogP contribution >= 0.6 is 15.9 Å². The molecule has 0 radical (unpaired) electrons. The zero-order valence-electron chi connectivity index (χ0n) is 18.4. The van der Waals surface area contributed by atoms with Crippen molar-refractivity contribution in [3.63, 3.8) is 0 Å². The number of para-hydroxylation sites is 1. The Labute approximate surface area is 200 Å². The van der Waals surface area contributed by atoms with Crippen LogP contribution in [0.2, 0.25) is 0 Å². The molecule has 1 N–H and O–H groups in total. The van der Waals surface area contributed by atoms with Gasteiger partial charge in [0.25, 0.3) is 0 Å². The first-order chi connectivity index (χ1) is 15.8. The molecule has 33 heavy (non-hydrogen) atoms. The Morgan fingerprint density at radius 1 is 1.12 bits per heavy atom. The van der Waals surface area contributed by atoms with Crippen molar-refractivity contribution in [1.29, 1.82) is 0 Å². The van der Waals surface area contributed by atoms with E-state index >= 15 is 0 Å². The molecule has 0 saturated carbocycles. The van der Waals surface area contributed by atoms with Crippen molar-refractivity contribution in [3.05, 3.63) is 62.7 Å². The highest BCUT2D eigenvalue weighted by molar-refractivity contribution is 9.12. The minimum atomic E-state index is -0.629. The Balaban J connectivity index is 1.70. The van der Waals surface area contributed by atoms with Gasteiger partial charge >= 0.3 is 0 Å². The standard InChI is InChI=1S/C26H24BrNO5/c1-3-9-28-25(32)15-8-7-13-16(21(15)26(28)33)10-17-22(19(29)11-18(27)24(17)31)20(13)14-6-4-5-12(2)23(14)30/h4-7,11,15-16,20-21,30H,3,8-10H2,1-2H3/t15-,16+,20+,21-/m0/s1. The summed E-state index contributed by atoms with van der Waals surface area (Å²) in [6, 6.07) is 5.36. The molecular formula is C26H24BrNO5. The summed E-state index contributed by atoms with van der Waals surface area (Å²) >= 11 is 3.22. The molecule has 5 rings (SSSR count). The summed E-state index contributed by atoms with van der Waals surface area (Å²) in [7, 11) is 0. The monoisotopic (exact) mass is 509 g/mol. The number of allylic oxidation sites excluding steroid dienone is 6. The third-order valence-electron chi connectivity index (χ3n) is 7.45. The Hall–Kier alpha value is -2.80. The van der Waals surface area contributed by atoms with Crippen molar-refractivity contribution in [1.82, 2.24) is 4.90 Å². The minimum absolute atomic E-state index is 0.0772. The predicted molar refractivity (Wildman–Crippen MR) is 124 cm³/mol. The SMILES string of the molecule is CCCN1C(=O)[C@H]2[C@H](CC=C3[C@H](c4cccc(C)c4O)C4=C(C[C@H]32)C(=O)C(Br)=CC4=O)C1=O. The fourth-order valence-electron chi connectivity index (χ4n) is 5.99. The van der Waals surface area contributed by atoms with Crippen LogP contribution in [0.3, 0.4) is 0 Å². The minimum Gasteiger partial charge on any atom is -0.507 e. The number of Topliss-reactive ketones (excluding diaryl/α,β-unsaturated/α-hetero) is 1. The number of imide groups is 1. The Morgan fingerprint density at radius 3 is 2.61 bits per heavy atom. The highest BCUT2D eigenvalue weighted by atomic mass is 79.9. The summed E-state index contributed by atoms with van der Waals surface area (Å²) < 4.78 is 0.194. The molecule has 2 amide bonds. The van der Waals surface area contributed by atoms with E-state index in [9.17, 15) is 24.3 Å². The molecular weight excluding hydrogens is 486 g/mol. The molecule has 3 aliphatic carbocycles. The van der Waals surface area contributed by atoms with Crippen LogP contribution in [0.1, 0.15) is 43.2 Å². The van der Waals surface area contributed by atoms with Crippen LogP contribution in [0.4, 0.5) is 0 Å². The summed E-state index contributed by atoms with van der Waals surface area (Å²) in [5.74, 6) is -2.81. The second kappa shape index (κ2) is 7.90. The van der Waals surface area contributed by atoms with Gasteiger partial charge in [-0.1, -0.05) is 36.8 Å². The predicted octanol–water partition coefficient (Wildman–Crippen LogP) is 3.87. The number of amides is 2. The molecule has 1 heterocycles. The van der Waals surface area contributed by atoms with Crippen molar-refractivity contribution in [2.45, 2.75) is 39.0 Å². The number of hydrogen-bond donors (Lipinski definition) is 1. The number of fused-ring (bicyclic) bond motifs is 3. The molecule has 4 atom stereocenters. The van der Waals surface area contributed by atoms with E-state index in [1.807, 2.05) is 19.1 Å². The van der Waals surface area contributed by atoms with Crippen molar-refractivity contribution in [2.24, 2.45) is 17.8 Å². The number of rotatable bonds is 3. The molecule has 1 fully saturated rings. The molecule has 1 aromatic carbocycles. The number of aryl methyl sites for hydroxylation is 1. The van der Waals surface area contributed by atoms with Gasteiger partial charge < -0.3 is 5.11 Å². The summed E-state index contributed by atoms with van der Waals surface area (Å²) in [4.78, 5) is 54.0. The van der Waals surface area contributed by atoms with E-state index in [4.69, 9.17) is 0 Å². The van der Waals surface area contributed by atoms with E-state index in [2.05, 4.69) is 15.9 Å². The quantitative estimate of drug-likeness (QED) is 0.379. The zero-order chi connectivity index (χ0) is 23.6. The molecule has 4 aliphatic rings. The first-order valence-electron chi connectivity index (χ1n) is 11.3. The van der Waals surface area contributed by atoms with Crippen molar-refractivity contribution in [3.8, 4) is 5.75 Å². The van der Waals surface area contributed by atoms with E-state index in [1.165, 1.54) is 11.0 Å². The normalized spacial score (nSPS) is 29.0. The van der Waals surface area contributed by atoms with E-state index in [1.54, 1.807) is 19.1 Å². The molecule has 7 heteroatoms. The van der Waals surface area contributed by atoms with Gasteiger partial charge in [0.05, 0.1) is 16.3 Å². The number of benzene rings is 1. The van der Waals surface area contributed by atoms with Gasteiger partial charge in [0.2, 0.25) is 11.8 Å². The second-order valence-corrected chi connectivity index (χ2v) is 10.1. The van der Waals surface area contributed by atoms with E-state index in [0.717, 1.165) is 5.57 Å². The smallest absolute Gasteiger partial charge is 0.233 e. The Kier molecular flexibility index (Phi) is 5.27. The molecule has 1 aliphatic heterocycles. The van der Waals surface area contributed by atoms with Gasteiger partial charge in [0, 0.05) is 35.2 Å². The maximum Gasteiger partial charge on any atom is 0.233 e. The number of phenols is 1. The lowest BCUT2D eigenvalue weighted by atomic mass is 9.59. The number of halogens is 1. The summed E-state index contributed by atoms with van der Waals surface area (Å²) in [6.07, 6.45) is 4.59. The van der Waals surface area contributed by atoms with E-state index < -0.39 is 17.8 Å². The molecule has 0 bridgehead atoms. The van der Waals surface area contributed by atoms with Crippen molar-refractivity contribution >= 4 is 39.3 Å². The molecule has 1 aromatic rings. The maximum atomic E-state index is 13.4. The van der Waals surface area contributed by atoms with Crippen LogP contribution in [0.5, 0.6) is 5.75 Å². The number of likely N-dealkylation sites (tertiary alicyclic amines) is 1. The number of ketones is 2.